The number of nitrogens with one attached hydrogen (secondary N) is 1. The highest BCUT2D eigenvalue weighted by atomic mass is 35.5. The van der Waals surface area contributed by atoms with Crippen molar-refractivity contribution in [2.45, 2.75) is 4.90 Å². The fourth-order valence-electron chi connectivity index (χ4n) is 1.97. The van der Waals surface area contributed by atoms with Gasteiger partial charge in [-0.15, -0.1) is 0 Å². The molecule has 0 saturated carbocycles. The van der Waals surface area contributed by atoms with E-state index in [1.54, 1.807) is 30.3 Å². The summed E-state index contributed by atoms with van der Waals surface area (Å²) in [6.07, 6.45) is 0. The van der Waals surface area contributed by atoms with E-state index < -0.39 is 10.0 Å². The Labute approximate surface area is 104 Å². The fourth-order valence-corrected chi connectivity index (χ4v) is 3.57. The average Bonchev–Trinajstić information content (AvgIpc) is 2.31. The molecule has 3 rings (SSSR count). The number of benzene rings is 2. The molecular formula is C12H8ClNO2S. The molecule has 0 amide bonds. The van der Waals surface area contributed by atoms with E-state index in [4.69, 9.17) is 11.6 Å². The lowest BCUT2D eigenvalue weighted by molar-refractivity contribution is 0.601. The molecule has 1 N–H and O–H groups in total. The van der Waals surface area contributed by atoms with Crippen LogP contribution in [0.4, 0.5) is 5.69 Å². The van der Waals surface area contributed by atoms with Gasteiger partial charge in [-0.25, -0.2) is 8.42 Å². The average molecular weight is 266 g/mol. The van der Waals surface area contributed by atoms with Crippen molar-refractivity contribution in [3.8, 4) is 11.1 Å². The molecule has 0 radical (unpaired) electrons. The second kappa shape index (κ2) is 3.48. The number of fused-ring (bicyclic) bond motifs is 3. The summed E-state index contributed by atoms with van der Waals surface area (Å²) >= 11 is 6.01. The van der Waals surface area contributed by atoms with E-state index in [9.17, 15) is 8.42 Å². The molecule has 2 aromatic carbocycles. The predicted molar refractivity (Wildman–Crippen MR) is 67.7 cm³/mol. The lowest BCUT2D eigenvalue weighted by Gasteiger charge is -2.22. The van der Waals surface area contributed by atoms with Crippen LogP contribution >= 0.6 is 11.6 Å². The van der Waals surface area contributed by atoms with Gasteiger partial charge < -0.3 is 0 Å². The third-order valence-corrected chi connectivity index (χ3v) is 4.44. The highest BCUT2D eigenvalue weighted by molar-refractivity contribution is 7.93. The number of anilines is 1. The summed E-state index contributed by atoms with van der Waals surface area (Å²) in [6, 6.07) is 12.2. The molecule has 3 nitrogen and oxygen atoms in total. The van der Waals surface area contributed by atoms with Crippen molar-refractivity contribution in [2.24, 2.45) is 0 Å². The summed E-state index contributed by atoms with van der Waals surface area (Å²) in [5, 5.41) is 0.403. The molecule has 5 heteroatoms. The Kier molecular flexibility index (Phi) is 2.18. The molecular weight excluding hydrogens is 258 g/mol. The zero-order valence-electron chi connectivity index (χ0n) is 8.64. The second-order valence-corrected chi connectivity index (χ2v) is 5.82. The van der Waals surface area contributed by atoms with Gasteiger partial charge in [0, 0.05) is 11.1 Å². The first-order chi connectivity index (χ1) is 8.09. The van der Waals surface area contributed by atoms with Gasteiger partial charge in [-0.3, -0.25) is 4.72 Å². The molecule has 0 aliphatic carbocycles. The van der Waals surface area contributed by atoms with Crippen molar-refractivity contribution in [3.05, 3.63) is 47.5 Å². The van der Waals surface area contributed by atoms with E-state index in [2.05, 4.69) is 4.72 Å². The Morgan fingerprint density at radius 1 is 0.941 bits per heavy atom. The maximum atomic E-state index is 12.0. The van der Waals surface area contributed by atoms with Crippen LogP contribution in [0.1, 0.15) is 0 Å². The summed E-state index contributed by atoms with van der Waals surface area (Å²) in [5.41, 5.74) is 1.94. The van der Waals surface area contributed by atoms with E-state index in [-0.39, 0.29) is 4.90 Å². The van der Waals surface area contributed by atoms with Crippen LogP contribution in [0, 0.1) is 0 Å². The van der Waals surface area contributed by atoms with Crippen molar-refractivity contribution in [2.75, 3.05) is 4.72 Å². The second-order valence-electron chi connectivity index (χ2n) is 3.76. The van der Waals surface area contributed by atoms with Crippen LogP contribution in [-0.4, -0.2) is 8.42 Å². The molecule has 0 fully saturated rings. The topological polar surface area (TPSA) is 46.2 Å². The predicted octanol–water partition coefficient (Wildman–Crippen LogP) is 3.12. The van der Waals surface area contributed by atoms with Gasteiger partial charge in [0.15, 0.2) is 0 Å². The molecule has 0 bridgehead atoms. The molecule has 0 atom stereocenters. The Bertz CT molecular complexity index is 710. The van der Waals surface area contributed by atoms with E-state index in [0.717, 1.165) is 5.56 Å². The zero-order valence-corrected chi connectivity index (χ0v) is 10.2. The third kappa shape index (κ3) is 1.52. The minimum atomic E-state index is -3.51. The fraction of sp³-hybridized carbons (Fsp3) is 0. The molecule has 0 saturated heterocycles. The van der Waals surface area contributed by atoms with Gasteiger partial charge in [-0.1, -0.05) is 41.9 Å². The summed E-state index contributed by atoms with van der Waals surface area (Å²) in [5.74, 6) is 0. The molecule has 1 aliphatic heterocycles. The van der Waals surface area contributed by atoms with Crippen molar-refractivity contribution in [1.82, 2.24) is 0 Å². The number of halogens is 1. The van der Waals surface area contributed by atoms with Gasteiger partial charge >= 0.3 is 0 Å². The quantitative estimate of drug-likeness (QED) is 0.795. The molecule has 17 heavy (non-hydrogen) atoms. The van der Waals surface area contributed by atoms with Crippen LogP contribution in [0.15, 0.2) is 47.4 Å². The summed E-state index contributed by atoms with van der Waals surface area (Å²) in [4.78, 5) is 0.287. The van der Waals surface area contributed by atoms with Crippen LogP contribution < -0.4 is 4.72 Å². The standard InChI is InChI=1S/C12H8ClNO2S/c13-10-6-3-5-9-8-4-1-2-7-11(8)17(15,16)14-12(9)10/h1-7,14H. The summed E-state index contributed by atoms with van der Waals surface area (Å²) in [6.45, 7) is 0. The van der Waals surface area contributed by atoms with E-state index in [1.807, 2.05) is 12.1 Å². The third-order valence-electron chi connectivity index (χ3n) is 2.72. The Morgan fingerprint density at radius 2 is 1.65 bits per heavy atom. The van der Waals surface area contributed by atoms with E-state index in [0.29, 0.717) is 16.3 Å². The van der Waals surface area contributed by atoms with Crippen molar-refractivity contribution in [1.29, 1.82) is 0 Å². The van der Waals surface area contributed by atoms with Crippen LogP contribution in [-0.2, 0) is 10.0 Å². The van der Waals surface area contributed by atoms with Gasteiger partial charge in [-0.05, 0) is 12.1 Å². The maximum absolute atomic E-state index is 12.0. The normalized spacial score (nSPS) is 15.6. The molecule has 2 aromatic rings. The highest BCUT2D eigenvalue weighted by Crippen LogP contribution is 2.42. The monoisotopic (exact) mass is 265 g/mol. The first-order valence-corrected chi connectivity index (χ1v) is 6.86. The zero-order chi connectivity index (χ0) is 12.0. The molecule has 0 unspecified atom stereocenters. The van der Waals surface area contributed by atoms with Gasteiger partial charge in [0.25, 0.3) is 10.0 Å². The van der Waals surface area contributed by atoms with Crippen LogP contribution in [0.25, 0.3) is 11.1 Å². The molecule has 1 heterocycles. The highest BCUT2D eigenvalue weighted by Gasteiger charge is 2.27. The van der Waals surface area contributed by atoms with Gasteiger partial charge in [-0.2, -0.15) is 0 Å². The van der Waals surface area contributed by atoms with Gasteiger partial charge in [0.1, 0.15) is 0 Å². The Morgan fingerprint density at radius 3 is 2.47 bits per heavy atom. The summed E-state index contributed by atoms with van der Waals surface area (Å²) in [7, 11) is -3.51. The van der Waals surface area contributed by atoms with Crippen LogP contribution in [0.2, 0.25) is 5.02 Å². The van der Waals surface area contributed by atoms with E-state index in [1.165, 1.54) is 0 Å². The van der Waals surface area contributed by atoms with Crippen molar-refractivity contribution < 1.29 is 8.42 Å². The number of hydrogen-bond acceptors (Lipinski definition) is 2. The van der Waals surface area contributed by atoms with Crippen molar-refractivity contribution in [3.63, 3.8) is 0 Å². The lowest BCUT2D eigenvalue weighted by atomic mass is 10.0. The van der Waals surface area contributed by atoms with E-state index >= 15 is 0 Å². The largest absolute Gasteiger partial charge is 0.277 e. The first-order valence-electron chi connectivity index (χ1n) is 5.00. The van der Waals surface area contributed by atoms with Crippen molar-refractivity contribution >= 4 is 27.3 Å². The number of hydrogen-bond donors (Lipinski definition) is 1. The van der Waals surface area contributed by atoms with Crippen LogP contribution in [0.5, 0.6) is 0 Å². The lowest BCUT2D eigenvalue weighted by Crippen LogP contribution is -2.18. The molecule has 1 aliphatic rings. The molecule has 0 spiro atoms. The number of rotatable bonds is 0. The Balaban J connectivity index is 2.44. The molecule has 0 aromatic heterocycles. The van der Waals surface area contributed by atoms with Gasteiger partial charge in [0.05, 0.1) is 15.6 Å². The Hall–Kier alpha value is -1.52. The maximum Gasteiger partial charge on any atom is 0.262 e. The minimum absolute atomic E-state index is 0.287. The number of para-hydroxylation sites is 1. The minimum Gasteiger partial charge on any atom is -0.277 e. The molecule has 86 valence electrons. The first kappa shape index (κ1) is 10.6. The summed E-state index contributed by atoms with van der Waals surface area (Å²) < 4.78 is 26.5. The smallest absolute Gasteiger partial charge is 0.262 e. The van der Waals surface area contributed by atoms with Gasteiger partial charge in [0.2, 0.25) is 0 Å². The number of sulfonamides is 1. The van der Waals surface area contributed by atoms with Crippen LogP contribution in [0.3, 0.4) is 0 Å². The SMILES string of the molecule is O=S1(=O)Nc2c(Cl)cccc2-c2ccccc21.